The molecule has 2 aromatic heterocycles. The molecule has 1 fully saturated rings. The molecule has 3 heterocycles. The Morgan fingerprint density at radius 3 is 2.75 bits per heavy atom. The van der Waals surface area contributed by atoms with E-state index in [2.05, 4.69) is 55.4 Å². The maximum absolute atomic E-state index is 5.41. The van der Waals surface area contributed by atoms with Gasteiger partial charge in [-0.2, -0.15) is 10.1 Å². The second-order valence-electron chi connectivity index (χ2n) is 6.92. The smallest absolute Gasteiger partial charge is 0.229 e. The topological polar surface area (TPSA) is 88.9 Å². The van der Waals surface area contributed by atoms with Crippen LogP contribution in [0.25, 0.3) is 5.69 Å². The number of hydrogen-bond acceptors (Lipinski definition) is 7. The number of rotatable bonds is 7. The zero-order valence-electron chi connectivity index (χ0n) is 16.4. The Kier molecular flexibility index (Phi) is 5.23. The SMILES string of the molecule is CNCc1cnn(-c2cc(Nc3nc(C)cc(NC)n3)ccc2C2COC2)c1. The molecule has 0 saturated carbocycles. The van der Waals surface area contributed by atoms with Crippen LogP contribution < -0.4 is 16.0 Å². The van der Waals surface area contributed by atoms with Crippen molar-refractivity contribution >= 4 is 17.5 Å². The normalized spacial score (nSPS) is 14.0. The molecule has 8 heteroatoms. The van der Waals surface area contributed by atoms with Crippen molar-refractivity contribution in [2.24, 2.45) is 0 Å². The van der Waals surface area contributed by atoms with Gasteiger partial charge in [0.15, 0.2) is 0 Å². The zero-order chi connectivity index (χ0) is 19.5. The molecule has 146 valence electrons. The minimum Gasteiger partial charge on any atom is -0.380 e. The summed E-state index contributed by atoms with van der Waals surface area (Å²) in [6, 6.07) is 8.19. The summed E-state index contributed by atoms with van der Waals surface area (Å²) in [6.07, 6.45) is 3.95. The first-order chi connectivity index (χ1) is 13.7. The summed E-state index contributed by atoms with van der Waals surface area (Å²) in [7, 11) is 3.78. The Morgan fingerprint density at radius 1 is 1.18 bits per heavy atom. The lowest BCUT2D eigenvalue weighted by molar-refractivity contribution is 0.00838. The number of hydrogen-bond donors (Lipinski definition) is 3. The highest BCUT2D eigenvalue weighted by Gasteiger charge is 2.24. The number of ether oxygens (including phenoxy) is 1. The van der Waals surface area contributed by atoms with Crippen molar-refractivity contribution in [2.45, 2.75) is 19.4 Å². The number of benzene rings is 1. The lowest BCUT2D eigenvalue weighted by Crippen LogP contribution is -2.26. The second kappa shape index (κ2) is 7.95. The van der Waals surface area contributed by atoms with Gasteiger partial charge in [-0.25, -0.2) is 9.67 Å². The van der Waals surface area contributed by atoms with Gasteiger partial charge in [0.05, 0.1) is 25.1 Å². The van der Waals surface area contributed by atoms with Crippen LogP contribution in [0.3, 0.4) is 0 Å². The van der Waals surface area contributed by atoms with Crippen LogP contribution in [0.1, 0.15) is 22.7 Å². The van der Waals surface area contributed by atoms with E-state index in [4.69, 9.17) is 4.74 Å². The first-order valence-electron chi connectivity index (χ1n) is 9.37. The fraction of sp³-hybridized carbons (Fsp3) is 0.350. The standard InChI is InChI=1S/C20H25N7O/c1-13-6-19(22-3)26-20(24-13)25-16-4-5-17(15-11-28-12-15)18(7-16)27-10-14(8-21-2)9-23-27/h4-7,9-10,15,21H,8,11-12H2,1-3H3,(H2,22,24,25,26). The predicted octanol–water partition coefficient (Wildman–Crippen LogP) is 2.59. The molecule has 1 aliphatic rings. The molecule has 0 aliphatic carbocycles. The molecule has 1 aromatic carbocycles. The van der Waals surface area contributed by atoms with E-state index in [0.717, 1.165) is 48.2 Å². The van der Waals surface area contributed by atoms with Crippen LogP contribution in [0.4, 0.5) is 17.5 Å². The lowest BCUT2D eigenvalue weighted by Gasteiger charge is -2.28. The minimum absolute atomic E-state index is 0.395. The summed E-state index contributed by atoms with van der Waals surface area (Å²) < 4.78 is 7.34. The average Bonchev–Trinajstić information content (AvgIpc) is 3.10. The second-order valence-corrected chi connectivity index (χ2v) is 6.92. The van der Waals surface area contributed by atoms with Crippen LogP contribution >= 0.6 is 0 Å². The largest absolute Gasteiger partial charge is 0.380 e. The number of anilines is 3. The molecule has 1 aliphatic heterocycles. The Labute approximate surface area is 164 Å². The Hall–Kier alpha value is -2.97. The fourth-order valence-electron chi connectivity index (χ4n) is 3.25. The minimum atomic E-state index is 0.395. The summed E-state index contributed by atoms with van der Waals surface area (Å²) >= 11 is 0. The summed E-state index contributed by atoms with van der Waals surface area (Å²) in [4.78, 5) is 8.96. The third kappa shape index (κ3) is 3.83. The van der Waals surface area contributed by atoms with Gasteiger partial charge in [-0.15, -0.1) is 0 Å². The highest BCUT2D eigenvalue weighted by Crippen LogP contribution is 2.32. The molecule has 8 nitrogen and oxygen atoms in total. The third-order valence-electron chi connectivity index (χ3n) is 4.74. The predicted molar refractivity (Wildman–Crippen MR) is 109 cm³/mol. The molecule has 1 saturated heterocycles. The third-order valence-corrected chi connectivity index (χ3v) is 4.74. The first kappa shape index (κ1) is 18.4. The Bertz CT molecular complexity index is 965. The van der Waals surface area contributed by atoms with E-state index in [9.17, 15) is 0 Å². The Morgan fingerprint density at radius 2 is 2.04 bits per heavy atom. The summed E-state index contributed by atoms with van der Waals surface area (Å²) in [6.45, 7) is 4.23. The van der Waals surface area contributed by atoms with Gasteiger partial charge >= 0.3 is 0 Å². The van der Waals surface area contributed by atoms with Gasteiger partial charge in [0.2, 0.25) is 5.95 Å². The Balaban J connectivity index is 1.68. The summed E-state index contributed by atoms with van der Waals surface area (Å²) in [5.74, 6) is 1.74. The van der Waals surface area contributed by atoms with Gasteiger partial charge in [-0.1, -0.05) is 6.07 Å². The number of aromatic nitrogens is 4. The van der Waals surface area contributed by atoms with Crippen LogP contribution in [0, 0.1) is 6.92 Å². The van der Waals surface area contributed by atoms with Crippen LogP contribution in [0.15, 0.2) is 36.7 Å². The molecular formula is C20H25N7O. The molecule has 0 unspecified atom stereocenters. The molecule has 3 aromatic rings. The number of nitrogens with one attached hydrogen (secondary N) is 3. The molecule has 28 heavy (non-hydrogen) atoms. The van der Waals surface area contributed by atoms with Crippen LogP contribution in [0.5, 0.6) is 0 Å². The number of nitrogens with zero attached hydrogens (tertiary/aromatic N) is 4. The van der Waals surface area contributed by atoms with Crippen LogP contribution in [-0.2, 0) is 11.3 Å². The van der Waals surface area contributed by atoms with Gasteiger partial charge in [0.1, 0.15) is 5.82 Å². The van der Waals surface area contributed by atoms with Crippen molar-refractivity contribution in [1.82, 2.24) is 25.1 Å². The monoisotopic (exact) mass is 379 g/mol. The van der Waals surface area contributed by atoms with E-state index >= 15 is 0 Å². The zero-order valence-corrected chi connectivity index (χ0v) is 16.4. The van der Waals surface area contributed by atoms with Gasteiger partial charge in [0.25, 0.3) is 0 Å². The average molecular weight is 379 g/mol. The number of aryl methyl sites for hydroxylation is 1. The molecule has 0 amide bonds. The van der Waals surface area contributed by atoms with Gasteiger partial charge < -0.3 is 20.7 Å². The van der Waals surface area contributed by atoms with Crippen LogP contribution in [0.2, 0.25) is 0 Å². The van der Waals surface area contributed by atoms with E-state index in [1.165, 1.54) is 5.56 Å². The molecule has 0 spiro atoms. The molecule has 0 atom stereocenters. The van der Waals surface area contributed by atoms with Crippen molar-refractivity contribution in [1.29, 1.82) is 0 Å². The highest BCUT2D eigenvalue weighted by atomic mass is 16.5. The van der Waals surface area contributed by atoms with E-state index in [1.54, 1.807) is 0 Å². The quantitative estimate of drug-likeness (QED) is 0.581. The van der Waals surface area contributed by atoms with Crippen LogP contribution in [-0.4, -0.2) is 47.1 Å². The summed E-state index contributed by atoms with van der Waals surface area (Å²) in [5.41, 5.74) is 5.22. The maximum atomic E-state index is 5.41. The van der Waals surface area contributed by atoms with Crippen molar-refractivity contribution in [2.75, 3.05) is 37.9 Å². The molecule has 4 rings (SSSR count). The highest BCUT2D eigenvalue weighted by molar-refractivity contribution is 5.61. The van der Waals surface area contributed by atoms with E-state index in [0.29, 0.717) is 11.9 Å². The lowest BCUT2D eigenvalue weighted by atomic mass is 9.95. The molecule has 0 bridgehead atoms. The van der Waals surface area contributed by atoms with Gasteiger partial charge in [-0.3, -0.25) is 0 Å². The van der Waals surface area contributed by atoms with Crippen molar-refractivity contribution < 1.29 is 4.74 Å². The van der Waals surface area contributed by atoms with Crippen molar-refractivity contribution in [3.05, 3.63) is 53.5 Å². The van der Waals surface area contributed by atoms with Gasteiger partial charge in [-0.05, 0) is 31.7 Å². The van der Waals surface area contributed by atoms with Crippen molar-refractivity contribution in [3.8, 4) is 5.69 Å². The fourth-order valence-corrected chi connectivity index (χ4v) is 3.25. The summed E-state index contributed by atoms with van der Waals surface area (Å²) in [5, 5.41) is 14.1. The van der Waals surface area contributed by atoms with E-state index in [1.807, 2.05) is 38.0 Å². The van der Waals surface area contributed by atoms with E-state index in [-0.39, 0.29) is 0 Å². The molecule has 0 radical (unpaired) electrons. The van der Waals surface area contributed by atoms with E-state index < -0.39 is 0 Å². The molecule has 3 N–H and O–H groups in total. The molecular weight excluding hydrogens is 354 g/mol. The maximum Gasteiger partial charge on any atom is 0.229 e. The van der Waals surface area contributed by atoms with Crippen molar-refractivity contribution in [3.63, 3.8) is 0 Å². The van der Waals surface area contributed by atoms with Gasteiger partial charge in [0, 0.05) is 48.7 Å². The first-order valence-corrected chi connectivity index (χ1v) is 9.37.